The summed E-state index contributed by atoms with van der Waals surface area (Å²) in [5.41, 5.74) is 3.72. The van der Waals surface area contributed by atoms with Crippen molar-refractivity contribution in [3.8, 4) is 0 Å². The number of para-hydroxylation sites is 1. The van der Waals surface area contributed by atoms with Gasteiger partial charge < -0.3 is 10.6 Å². The van der Waals surface area contributed by atoms with Crippen LogP contribution in [0.3, 0.4) is 0 Å². The van der Waals surface area contributed by atoms with Crippen molar-refractivity contribution in [3.63, 3.8) is 0 Å². The number of thioether (sulfide) groups is 1. The van der Waals surface area contributed by atoms with Crippen LogP contribution in [0.1, 0.15) is 18.1 Å². The van der Waals surface area contributed by atoms with Crippen LogP contribution in [0.2, 0.25) is 0 Å². The Hall–Kier alpha value is -2.27. The van der Waals surface area contributed by atoms with Gasteiger partial charge in [-0.1, -0.05) is 24.3 Å². The summed E-state index contributed by atoms with van der Waals surface area (Å²) >= 11 is 1.44. The summed E-state index contributed by atoms with van der Waals surface area (Å²) in [4.78, 5) is 24.2. The molecule has 2 aromatic rings. The molecule has 0 saturated heterocycles. The van der Waals surface area contributed by atoms with Crippen molar-refractivity contribution in [2.24, 2.45) is 0 Å². The first-order valence-electron chi connectivity index (χ1n) is 7.32. The summed E-state index contributed by atoms with van der Waals surface area (Å²) < 4.78 is 0. The predicted molar refractivity (Wildman–Crippen MR) is 96.0 cm³/mol. The van der Waals surface area contributed by atoms with Gasteiger partial charge in [0.15, 0.2) is 0 Å². The molecular weight excluding hydrogens is 308 g/mol. The number of rotatable bonds is 5. The average Bonchev–Trinajstić information content (AvgIpc) is 2.49. The molecule has 4 nitrogen and oxygen atoms in total. The topological polar surface area (TPSA) is 58.2 Å². The summed E-state index contributed by atoms with van der Waals surface area (Å²) in [5, 5.41) is 5.70. The van der Waals surface area contributed by atoms with E-state index in [-0.39, 0.29) is 11.8 Å². The van der Waals surface area contributed by atoms with Crippen molar-refractivity contribution in [3.05, 3.63) is 53.6 Å². The Labute approximate surface area is 140 Å². The highest BCUT2D eigenvalue weighted by Crippen LogP contribution is 2.23. The van der Waals surface area contributed by atoms with E-state index in [9.17, 15) is 9.59 Å². The zero-order valence-corrected chi connectivity index (χ0v) is 14.3. The molecule has 0 unspecified atom stereocenters. The molecule has 0 aliphatic carbocycles. The summed E-state index contributed by atoms with van der Waals surface area (Å²) in [6, 6.07) is 13.4. The van der Waals surface area contributed by atoms with E-state index in [1.807, 2.05) is 56.3 Å². The first-order valence-corrected chi connectivity index (χ1v) is 8.31. The van der Waals surface area contributed by atoms with Crippen LogP contribution in [-0.4, -0.2) is 17.6 Å². The highest BCUT2D eigenvalue weighted by Gasteiger charge is 2.08. The van der Waals surface area contributed by atoms with Crippen LogP contribution >= 0.6 is 11.8 Å². The molecule has 0 aliphatic rings. The smallest absolute Gasteiger partial charge is 0.234 e. The van der Waals surface area contributed by atoms with Crippen LogP contribution in [0.5, 0.6) is 0 Å². The van der Waals surface area contributed by atoms with E-state index in [1.54, 1.807) is 0 Å². The largest absolute Gasteiger partial charge is 0.326 e. The van der Waals surface area contributed by atoms with E-state index in [2.05, 4.69) is 10.6 Å². The number of anilines is 2. The van der Waals surface area contributed by atoms with E-state index in [1.165, 1.54) is 18.7 Å². The lowest BCUT2D eigenvalue weighted by molar-refractivity contribution is -0.114. The Morgan fingerprint density at radius 1 is 1.00 bits per heavy atom. The Kier molecular flexibility index (Phi) is 5.82. The molecule has 0 aromatic heterocycles. The SMILES string of the molecule is CC(=O)Nc1cccc(SCC(=O)Nc2c(C)cccc2C)c1. The maximum Gasteiger partial charge on any atom is 0.234 e. The molecule has 2 rings (SSSR count). The molecule has 2 aromatic carbocycles. The van der Waals surface area contributed by atoms with E-state index < -0.39 is 0 Å². The van der Waals surface area contributed by atoms with Crippen LogP contribution < -0.4 is 10.6 Å². The van der Waals surface area contributed by atoms with Crippen LogP contribution in [0.25, 0.3) is 0 Å². The molecule has 0 radical (unpaired) electrons. The van der Waals surface area contributed by atoms with E-state index >= 15 is 0 Å². The van der Waals surface area contributed by atoms with Crippen LogP contribution in [0.4, 0.5) is 11.4 Å². The number of amides is 2. The molecule has 0 atom stereocenters. The molecule has 0 spiro atoms. The van der Waals surface area contributed by atoms with Crippen molar-refractivity contribution >= 4 is 35.0 Å². The van der Waals surface area contributed by atoms with Crippen molar-refractivity contribution < 1.29 is 9.59 Å². The van der Waals surface area contributed by atoms with Gasteiger partial charge in [-0.2, -0.15) is 0 Å². The minimum atomic E-state index is -0.111. The maximum atomic E-state index is 12.2. The molecule has 2 amide bonds. The molecule has 0 saturated carbocycles. The number of carbonyl (C=O) groups excluding carboxylic acids is 2. The molecule has 0 fully saturated rings. The normalized spacial score (nSPS) is 10.2. The zero-order chi connectivity index (χ0) is 16.8. The number of nitrogens with one attached hydrogen (secondary N) is 2. The van der Waals surface area contributed by atoms with Crippen LogP contribution in [0.15, 0.2) is 47.4 Å². The van der Waals surface area contributed by atoms with Crippen molar-refractivity contribution in [1.29, 1.82) is 0 Å². The summed E-state index contributed by atoms with van der Waals surface area (Å²) in [5.74, 6) is 0.161. The average molecular weight is 328 g/mol. The Balaban J connectivity index is 1.95. The predicted octanol–water partition coefficient (Wildman–Crippen LogP) is 3.99. The Bertz CT molecular complexity index is 708. The summed E-state index contributed by atoms with van der Waals surface area (Å²) in [6.07, 6.45) is 0. The first kappa shape index (κ1) is 17.1. The zero-order valence-electron chi connectivity index (χ0n) is 13.5. The molecule has 0 aliphatic heterocycles. The highest BCUT2D eigenvalue weighted by molar-refractivity contribution is 8.00. The van der Waals surface area contributed by atoms with Gasteiger partial charge in [0.1, 0.15) is 0 Å². The molecule has 2 N–H and O–H groups in total. The number of hydrogen-bond acceptors (Lipinski definition) is 3. The quantitative estimate of drug-likeness (QED) is 0.816. The fraction of sp³-hybridized carbons (Fsp3) is 0.222. The minimum Gasteiger partial charge on any atom is -0.326 e. The number of aryl methyl sites for hydroxylation is 2. The van der Waals surface area contributed by atoms with Crippen LogP contribution in [0, 0.1) is 13.8 Å². The lowest BCUT2D eigenvalue weighted by atomic mass is 10.1. The van der Waals surface area contributed by atoms with E-state index in [0.717, 1.165) is 27.4 Å². The van der Waals surface area contributed by atoms with Gasteiger partial charge in [0.2, 0.25) is 11.8 Å². The monoisotopic (exact) mass is 328 g/mol. The minimum absolute atomic E-state index is 0.0441. The van der Waals surface area contributed by atoms with Crippen molar-refractivity contribution in [2.45, 2.75) is 25.7 Å². The fourth-order valence-corrected chi connectivity index (χ4v) is 2.96. The first-order chi connectivity index (χ1) is 11.0. The second-order valence-corrected chi connectivity index (χ2v) is 6.36. The molecule has 0 bridgehead atoms. The molecule has 23 heavy (non-hydrogen) atoms. The van der Waals surface area contributed by atoms with Crippen LogP contribution in [-0.2, 0) is 9.59 Å². The Morgan fingerprint density at radius 2 is 1.65 bits per heavy atom. The molecule has 5 heteroatoms. The highest BCUT2D eigenvalue weighted by atomic mass is 32.2. The fourth-order valence-electron chi connectivity index (χ4n) is 2.20. The molecule has 0 heterocycles. The van der Waals surface area contributed by atoms with Gasteiger partial charge in [-0.3, -0.25) is 9.59 Å². The number of carbonyl (C=O) groups is 2. The summed E-state index contributed by atoms with van der Waals surface area (Å²) in [6.45, 7) is 5.43. The van der Waals surface area contributed by atoms with E-state index in [0.29, 0.717) is 5.75 Å². The Morgan fingerprint density at radius 3 is 2.30 bits per heavy atom. The van der Waals surface area contributed by atoms with Crippen molar-refractivity contribution in [1.82, 2.24) is 0 Å². The van der Waals surface area contributed by atoms with Crippen molar-refractivity contribution in [2.75, 3.05) is 16.4 Å². The molecular formula is C18H20N2O2S. The number of hydrogen-bond donors (Lipinski definition) is 2. The van der Waals surface area contributed by atoms with Gasteiger partial charge >= 0.3 is 0 Å². The summed E-state index contributed by atoms with van der Waals surface area (Å²) in [7, 11) is 0. The van der Waals surface area contributed by atoms with Gasteiger partial charge in [-0.05, 0) is 43.2 Å². The van der Waals surface area contributed by atoms with Gasteiger partial charge in [0, 0.05) is 23.2 Å². The third-order valence-electron chi connectivity index (χ3n) is 3.27. The van der Waals surface area contributed by atoms with Gasteiger partial charge in [-0.25, -0.2) is 0 Å². The van der Waals surface area contributed by atoms with Gasteiger partial charge in [-0.15, -0.1) is 11.8 Å². The lowest BCUT2D eigenvalue weighted by Crippen LogP contribution is -2.15. The maximum absolute atomic E-state index is 12.2. The third kappa shape index (κ3) is 5.14. The number of benzene rings is 2. The van der Waals surface area contributed by atoms with Gasteiger partial charge in [0.25, 0.3) is 0 Å². The third-order valence-corrected chi connectivity index (χ3v) is 4.26. The standard InChI is InChI=1S/C18H20N2O2S/c1-12-6-4-7-13(2)18(12)20-17(22)11-23-16-9-5-8-15(10-16)19-14(3)21/h4-10H,11H2,1-3H3,(H,19,21)(H,20,22). The molecule has 120 valence electrons. The van der Waals surface area contributed by atoms with Gasteiger partial charge in [0.05, 0.1) is 5.75 Å². The second-order valence-electron chi connectivity index (χ2n) is 5.31. The van der Waals surface area contributed by atoms with E-state index in [4.69, 9.17) is 0 Å². The lowest BCUT2D eigenvalue weighted by Gasteiger charge is -2.11. The second kappa shape index (κ2) is 7.83.